The van der Waals surface area contributed by atoms with Gasteiger partial charge in [-0.3, -0.25) is 29.6 Å². The fraction of sp³-hybridized carbons (Fsp3) is 0.143. The summed E-state index contributed by atoms with van der Waals surface area (Å²) in [6.45, 7) is 0.178. The first-order valence-corrected chi connectivity index (χ1v) is 15.5. The highest BCUT2D eigenvalue weighted by Crippen LogP contribution is 2.41. The number of nitrogens with zero attached hydrogens (tertiary/aromatic N) is 4. The van der Waals surface area contributed by atoms with Crippen molar-refractivity contribution in [2.75, 3.05) is 7.11 Å². The Balaban J connectivity index is 1.28. The first kappa shape index (κ1) is 29.8. The van der Waals surface area contributed by atoms with Crippen LogP contribution in [0.1, 0.15) is 40.3 Å². The Labute approximate surface area is 271 Å². The molecule has 5 aromatic rings. The molecule has 0 spiro atoms. The molecule has 2 heterocycles. The summed E-state index contributed by atoms with van der Waals surface area (Å²) in [7, 11) is 1.52. The van der Waals surface area contributed by atoms with Gasteiger partial charge in [0.1, 0.15) is 6.61 Å². The lowest BCUT2D eigenvalue weighted by Gasteiger charge is -2.30. The zero-order valence-electron chi connectivity index (χ0n) is 25.0. The molecule has 47 heavy (non-hydrogen) atoms. The van der Waals surface area contributed by atoms with Crippen molar-refractivity contribution in [1.82, 2.24) is 4.57 Å². The van der Waals surface area contributed by atoms with E-state index in [4.69, 9.17) is 14.5 Å². The van der Waals surface area contributed by atoms with Crippen LogP contribution in [0.25, 0.3) is 11.8 Å². The third-order valence-corrected chi connectivity index (χ3v) is 9.28. The molecule has 1 aliphatic heterocycles. The lowest BCUT2D eigenvalue weighted by atomic mass is 9.83. The minimum Gasteiger partial charge on any atom is -0.493 e. The van der Waals surface area contributed by atoms with Crippen LogP contribution in [0, 0.1) is 20.2 Å². The Morgan fingerprint density at radius 1 is 0.915 bits per heavy atom. The molecule has 1 aromatic heterocycles. The number of rotatable bonds is 8. The Morgan fingerprint density at radius 3 is 2.47 bits per heavy atom. The number of ether oxygens (including phenoxy) is 2. The van der Waals surface area contributed by atoms with Gasteiger partial charge in [0.15, 0.2) is 16.3 Å². The molecule has 7 rings (SSSR count). The molecule has 0 radical (unpaired) electrons. The number of nitro benzene ring substituents is 2. The lowest BCUT2D eigenvalue weighted by Crippen LogP contribution is -2.38. The number of non-ortho nitro benzene ring substituents is 2. The monoisotopic (exact) mass is 646 g/mol. The van der Waals surface area contributed by atoms with Crippen molar-refractivity contribution in [3.05, 3.63) is 164 Å². The van der Waals surface area contributed by atoms with E-state index in [2.05, 4.69) is 6.07 Å². The quantitative estimate of drug-likeness (QED) is 0.155. The maximum absolute atomic E-state index is 14.1. The molecule has 0 N–H and O–H groups in total. The molecule has 234 valence electrons. The average molecular weight is 647 g/mol. The molecule has 12 heteroatoms. The smallest absolute Gasteiger partial charge is 0.271 e. The zero-order valence-corrected chi connectivity index (χ0v) is 25.8. The van der Waals surface area contributed by atoms with Gasteiger partial charge in [0, 0.05) is 29.8 Å². The van der Waals surface area contributed by atoms with E-state index in [0.29, 0.717) is 38.4 Å². The highest BCUT2D eigenvalue weighted by Gasteiger charge is 2.33. The molecule has 1 aliphatic carbocycles. The van der Waals surface area contributed by atoms with Crippen LogP contribution < -0.4 is 24.4 Å². The Morgan fingerprint density at radius 2 is 1.70 bits per heavy atom. The number of thiazole rings is 1. The van der Waals surface area contributed by atoms with Crippen molar-refractivity contribution < 1.29 is 19.3 Å². The van der Waals surface area contributed by atoms with Crippen LogP contribution in [0.15, 0.2) is 106 Å². The van der Waals surface area contributed by atoms with Crippen LogP contribution in [-0.2, 0) is 13.0 Å². The number of allylic oxidation sites excluding steroid dienone is 1. The minimum absolute atomic E-state index is 0.00218. The van der Waals surface area contributed by atoms with Crippen molar-refractivity contribution >= 4 is 34.5 Å². The number of benzene rings is 4. The highest BCUT2D eigenvalue weighted by molar-refractivity contribution is 7.07. The standard InChI is InChI=1S/C35H26N4O7S/c1-45-30-17-22(11-16-29(30)46-20-21-9-13-25(14-10-21)38(41)42)18-31-34(40)37-33(24-6-4-7-26(19-24)39(43)44)28-15-12-23-5-2-3-8-27(23)32(28)36-35(37)47-31/h2-11,13-14,16-19,33H,12,15,20H2,1H3/b31-18+/t33-/m0/s1. The molecule has 4 aromatic carbocycles. The summed E-state index contributed by atoms with van der Waals surface area (Å²) in [5, 5.41) is 22.6. The van der Waals surface area contributed by atoms with Crippen LogP contribution >= 0.6 is 11.3 Å². The predicted molar refractivity (Wildman–Crippen MR) is 176 cm³/mol. The van der Waals surface area contributed by atoms with Crippen molar-refractivity contribution in [3.8, 4) is 11.5 Å². The summed E-state index contributed by atoms with van der Waals surface area (Å²) in [6, 6.07) is 25.4. The molecule has 1 atom stereocenters. The van der Waals surface area contributed by atoms with E-state index in [9.17, 15) is 25.0 Å². The lowest BCUT2D eigenvalue weighted by molar-refractivity contribution is -0.385. The fourth-order valence-electron chi connectivity index (χ4n) is 6.05. The molecular weight excluding hydrogens is 620 g/mol. The number of hydrogen-bond donors (Lipinski definition) is 0. The van der Waals surface area contributed by atoms with Gasteiger partial charge in [-0.25, -0.2) is 4.99 Å². The van der Waals surface area contributed by atoms with Crippen LogP contribution in [0.5, 0.6) is 11.5 Å². The highest BCUT2D eigenvalue weighted by atomic mass is 32.1. The first-order valence-electron chi connectivity index (χ1n) is 14.7. The number of nitro groups is 2. The number of aromatic nitrogens is 1. The van der Waals surface area contributed by atoms with Crippen molar-refractivity contribution in [2.45, 2.75) is 25.5 Å². The SMILES string of the molecule is COc1cc(/C=c2/sc3n(c2=O)[C@@H](c2cccc([N+](=O)[O-])c2)C2=C(N=3)c3ccccc3CC2)ccc1OCc1ccc([N+](=O)[O-])cc1. The second-order valence-corrected chi connectivity index (χ2v) is 12.1. The van der Waals surface area contributed by atoms with Gasteiger partial charge in [-0.1, -0.05) is 53.8 Å². The van der Waals surface area contributed by atoms with Crippen LogP contribution in [0.3, 0.4) is 0 Å². The van der Waals surface area contributed by atoms with E-state index in [1.165, 1.54) is 42.2 Å². The summed E-state index contributed by atoms with van der Waals surface area (Å²) < 4.78 is 13.6. The summed E-state index contributed by atoms with van der Waals surface area (Å²) in [6.07, 6.45) is 3.22. The van der Waals surface area contributed by atoms with Gasteiger partial charge < -0.3 is 9.47 Å². The summed E-state index contributed by atoms with van der Waals surface area (Å²) in [4.78, 5) is 41.4. The number of hydrogen-bond acceptors (Lipinski definition) is 9. The van der Waals surface area contributed by atoms with E-state index in [-0.39, 0.29) is 23.5 Å². The molecule has 11 nitrogen and oxygen atoms in total. The van der Waals surface area contributed by atoms with E-state index < -0.39 is 15.9 Å². The average Bonchev–Trinajstić information content (AvgIpc) is 3.40. The third-order valence-electron chi connectivity index (χ3n) is 8.30. The predicted octanol–water partition coefficient (Wildman–Crippen LogP) is 5.72. The topological polar surface area (TPSA) is 139 Å². The number of fused-ring (bicyclic) bond motifs is 3. The molecule has 0 fully saturated rings. The molecule has 0 saturated heterocycles. The van der Waals surface area contributed by atoms with E-state index >= 15 is 0 Å². The maximum atomic E-state index is 14.1. The first-order chi connectivity index (χ1) is 22.8. The molecular formula is C35H26N4O7S. The van der Waals surface area contributed by atoms with Crippen LogP contribution in [0.4, 0.5) is 11.4 Å². The Bertz CT molecular complexity index is 2290. The molecule has 0 bridgehead atoms. The Kier molecular flexibility index (Phi) is 7.70. The molecule has 0 unspecified atom stereocenters. The van der Waals surface area contributed by atoms with Gasteiger partial charge >= 0.3 is 0 Å². The van der Waals surface area contributed by atoms with E-state index in [0.717, 1.165) is 28.8 Å². The molecule has 0 saturated carbocycles. The summed E-state index contributed by atoms with van der Waals surface area (Å²) in [5.41, 5.74) is 5.79. The van der Waals surface area contributed by atoms with Crippen molar-refractivity contribution in [1.29, 1.82) is 0 Å². The summed E-state index contributed by atoms with van der Waals surface area (Å²) in [5.74, 6) is 0.927. The second kappa shape index (κ2) is 12.1. The van der Waals surface area contributed by atoms with Crippen molar-refractivity contribution in [3.63, 3.8) is 0 Å². The van der Waals surface area contributed by atoms with Gasteiger partial charge in [-0.05, 0) is 71.0 Å². The Hall–Kier alpha value is -5.88. The minimum atomic E-state index is -0.540. The third kappa shape index (κ3) is 5.59. The van der Waals surface area contributed by atoms with Gasteiger partial charge in [0.25, 0.3) is 16.9 Å². The zero-order chi connectivity index (χ0) is 32.7. The van der Waals surface area contributed by atoms with Gasteiger partial charge in [0.2, 0.25) is 0 Å². The molecule has 2 aliphatic rings. The van der Waals surface area contributed by atoms with Crippen LogP contribution in [-0.4, -0.2) is 21.5 Å². The van der Waals surface area contributed by atoms with E-state index in [1.807, 2.05) is 30.3 Å². The number of aryl methyl sites for hydroxylation is 1. The fourth-order valence-corrected chi connectivity index (χ4v) is 7.05. The normalized spacial score (nSPS) is 15.3. The van der Waals surface area contributed by atoms with Gasteiger partial charge in [-0.2, -0.15) is 0 Å². The van der Waals surface area contributed by atoms with Crippen LogP contribution in [0.2, 0.25) is 0 Å². The molecule has 0 amide bonds. The number of methoxy groups -OCH3 is 1. The largest absolute Gasteiger partial charge is 0.493 e. The van der Waals surface area contributed by atoms with Gasteiger partial charge in [0.05, 0.1) is 33.2 Å². The maximum Gasteiger partial charge on any atom is 0.271 e. The van der Waals surface area contributed by atoms with Gasteiger partial charge in [-0.15, -0.1) is 0 Å². The van der Waals surface area contributed by atoms with Crippen molar-refractivity contribution in [2.24, 2.45) is 4.99 Å². The summed E-state index contributed by atoms with van der Waals surface area (Å²) >= 11 is 1.26. The second-order valence-electron chi connectivity index (χ2n) is 11.1. The van der Waals surface area contributed by atoms with E-state index in [1.54, 1.807) is 47.0 Å².